The fraction of sp³-hybridized carbons (Fsp3) is 1.00. The molecule has 0 spiro atoms. The van der Waals surface area contributed by atoms with Crippen LogP contribution in [0.5, 0.6) is 0 Å². The molecule has 0 aliphatic carbocycles. The molecular formula is C24H55NSi2. The Balaban J connectivity index is 6.64. The van der Waals surface area contributed by atoms with Crippen molar-refractivity contribution < 1.29 is 0 Å². The third-order valence-corrected chi connectivity index (χ3v) is 23.5. The van der Waals surface area contributed by atoms with Crippen LogP contribution in [0.3, 0.4) is 0 Å². The molecule has 0 unspecified atom stereocenters. The monoisotopic (exact) mass is 413 g/mol. The summed E-state index contributed by atoms with van der Waals surface area (Å²) in [5.41, 5.74) is 4.87. The van der Waals surface area contributed by atoms with E-state index in [1.54, 1.807) is 0 Å². The van der Waals surface area contributed by atoms with Gasteiger partial charge in [0.1, 0.15) is 16.5 Å². The van der Waals surface area contributed by atoms with E-state index in [-0.39, 0.29) is 0 Å². The van der Waals surface area contributed by atoms with Gasteiger partial charge in [-0.3, -0.25) is 0 Å². The van der Waals surface area contributed by atoms with Crippen molar-refractivity contribution >= 4 is 16.5 Å². The van der Waals surface area contributed by atoms with Crippen molar-refractivity contribution in [1.29, 1.82) is 0 Å². The largest absolute Gasteiger partial charge is 0.344 e. The van der Waals surface area contributed by atoms with Gasteiger partial charge in [0.2, 0.25) is 0 Å². The lowest BCUT2D eigenvalue weighted by Gasteiger charge is -2.63. The van der Waals surface area contributed by atoms with E-state index in [4.69, 9.17) is 0 Å². The Morgan fingerprint density at radius 3 is 1.00 bits per heavy atom. The molecule has 0 aliphatic heterocycles. The van der Waals surface area contributed by atoms with Gasteiger partial charge in [0.05, 0.1) is 0 Å². The molecule has 0 radical (unpaired) electrons. The van der Waals surface area contributed by atoms with E-state index in [0.29, 0.717) is 0 Å². The molecule has 0 heterocycles. The number of nitrogens with zero attached hydrogens (tertiary/aromatic N) is 1. The third-order valence-electron chi connectivity index (χ3n) is 7.72. The molecule has 3 heteroatoms. The van der Waals surface area contributed by atoms with Crippen LogP contribution in [-0.2, 0) is 0 Å². The zero-order valence-electron chi connectivity index (χ0n) is 21.4. The first kappa shape index (κ1) is 27.4. The minimum atomic E-state index is -1.65. The standard InChI is InChI=1S/C24H55NSi2/c1-14-15-16-17-18-25(26(19(2)3,20(4)5)21(6)7)27(22(8)9,23(10)11)24(12)13/h19-24H,14-18H2,1-13H3. The predicted octanol–water partition coefficient (Wildman–Crippen LogP) is 9.22. The normalized spacial score (nSPS) is 14.2. The van der Waals surface area contributed by atoms with Gasteiger partial charge in [-0.25, -0.2) is 0 Å². The van der Waals surface area contributed by atoms with Gasteiger partial charge in [0.15, 0.2) is 0 Å². The fourth-order valence-electron chi connectivity index (χ4n) is 7.29. The maximum absolute atomic E-state index is 3.34. The Kier molecular flexibility index (Phi) is 11.7. The topological polar surface area (TPSA) is 3.24 Å². The lowest BCUT2D eigenvalue weighted by Crippen LogP contribution is -2.73. The summed E-state index contributed by atoms with van der Waals surface area (Å²) in [5.74, 6) is 0. The first-order valence-electron chi connectivity index (χ1n) is 12.1. The molecule has 0 atom stereocenters. The summed E-state index contributed by atoms with van der Waals surface area (Å²) in [5, 5.41) is 0. The van der Waals surface area contributed by atoms with Crippen LogP contribution in [0.1, 0.15) is 116 Å². The molecule has 164 valence electrons. The molecule has 0 aromatic rings. The summed E-state index contributed by atoms with van der Waals surface area (Å²) >= 11 is 0. The van der Waals surface area contributed by atoms with Crippen molar-refractivity contribution in [3.8, 4) is 0 Å². The van der Waals surface area contributed by atoms with E-state index in [2.05, 4.69) is 94.2 Å². The fourth-order valence-corrected chi connectivity index (χ4v) is 27.5. The maximum Gasteiger partial charge on any atom is 0.129 e. The van der Waals surface area contributed by atoms with Crippen molar-refractivity contribution in [1.82, 2.24) is 4.23 Å². The van der Waals surface area contributed by atoms with Crippen LogP contribution in [0.25, 0.3) is 0 Å². The molecule has 0 fully saturated rings. The molecule has 0 saturated heterocycles. The maximum atomic E-state index is 3.34. The van der Waals surface area contributed by atoms with Crippen LogP contribution >= 0.6 is 0 Å². The molecule has 1 nitrogen and oxygen atoms in total. The van der Waals surface area contributed by atoms with Gasteiger partial charge in [-0.2, -0.15) is 0 Å². The smallest absolute Gasteiger partial charge is 0.129 e. The van der Waals surface area contributed by atoms with Gasteiger partial charge in [-0.1, -0.05) is 109 Å². The molecular weight excluding hydrogens is 358 g/mol. The van der Waals surface area contributed by atoms with Gasteiger partial charge in [-0.15, -0.1) is 0 Å². The van der Waals surface area contributed by atoms with E-state index < -0.39 is 16.5 Å². The third kappa shape index (κ3) is 5.31. The Morgan fingerprint density at radius 2 is 0.778 bits per heavy atom. The summed E-state index contributed by atoms with van der Waals surface area (Å²) < 4.78 is 3.34. The molecule has 0 amide bonds. The van der Waals surface area contributed by atoms with Gasteiger partial charge in [0.25, 0.3) is 0 Å². The summed E-state index contributed by atoms with van der Waals surface area (Å²) in [6.07, 6.45) is 5.54. The van der Waals surface area contributed by atoms with E-state index in [1.165, 1.54) is 32.2 Å². The van der Waals surface area contributed by atoms with Crippen molar-refractivity contribution in [2.24, 2.45) is 0 Å². The molecule has 0 aromatic carbocycles. The second-order valence-corrected chi connectivity index (χ2v) is 22.9. The number of rotatable bonds is 13. The van der Waals surface area contributed by atoms with Gasteiger partial charge >= 0.3 is 0 Å². The van der Waals surface area contributed by atoms with E-state index >= 15 is 0 Å². The summed E-state index contributed by atoms with van der Waals surface area (Å²) in [6, 6.07) is 0. The molecule has 0 aromatic heterocycles. The Morgan fingerprint density at radius 1 is 0.481 bits per heavy atom. The second-order valence-electron chi connectivity index (χ2n) is 10.9. The van der Waals surface area contributed by atoms with Crippen LogP contribution in [0, 0.1) is 0 Å². The van der Waals surface area contributed by atoms with E-state index in [9.17, 15) is 0 Å². The van der Waals surface area contributed by atoms with Gasteiger partial charge < -0.3 is 4.23 Å². The van der Waals surface area contributed by atoms with Crippen LogP contribution < -0.4 is 0 Å². The highest BCUT2D eigenvalue weighted by Crippen LogP contribution is 2.53. The molecule has 0 N–H and O–H groups in total. The SMILES string of the molecule is CCCCCCN([Si](C(C)C)(C(C)C)C(C)C)[Si](C(C)C)(C(C)C)C(C)C. The zero-order valence-corrected chi connectivity index (χ0v) is 23.4. The highest BCUT2D eigenvalue weighted by Gasteiger charge is 2.58. The highest BCUT2D eigenvalue weighted by molar-refractivity contribution is 6.96. The minimum Gasteiger partial charge on any atom is -0.344 e. The van der Waals surface area contributed by atoms with Crippen molar-refractivity contribution in [2.45, 2.75) is 149 Å². The Hall–Kier alpha value is 0.394. The van der Waals surface area contributed by atoms with Crippen molar-refractivity contribution in [2.75, 3.05) is 6.54 Å². The van der Waals surface area contributed by atoms with Gasteiger partial charge in [0, 0.05) is 0 Å². The Labute approximate surface area is 176 Å². The number of hydrogen-bond donors (Lipinski definition) is 0. The average molecular weight is 414 g/mol. The van der Waals surface area contributed by atoms with E-state index in [1.807, 2.05) is 0 Å². The quantitative estimate of drug-likeness (QED) is 0.215. The molecule has 0 bridgehead atoms. The molecule has 0 rings (SSSR count). The zero-order chi connectivity index (χ0) is 21.6. The predicted molar refractivity (Wildman–Crippen MR) is 133 cm³/mol. The molecule has 0 saturated carbocycles. The lowest BCUT2D eigenvalue weighted by molar-refractivity contribution is 0.472. The van der Waals surface area contributed by atoms with Crippen molar-refractivity contribution in [3.63, 3.8) is 0 Å². The average Bonchev–Trinajstić information content (AvgIpc) is 2.49. The summed E-state index contributed by atoms with van der Waals surface area (Å²) in [4.78, 5) is 0. The number of hydrogen-bond acceptors (Lipinski definition) is 1. The van der Waals surface area contributed by atoms with E-state index in [0.717, 1.165) is 33.2 Å². The Bertz CT molecular complexity index is 324. The molecule has 27 heavy (non-hydrogen) atoms. The van der Waals surface area contributed by atoms with Gasteiger partial charge in [-0.05, 0) is 46.2 Å². The van der Waals surface area contributed by atoms with Crippen LogP contribution in [0.15, 0.2) is 0 Å². The molecule has 0 aliphatic rings. The highest BCUT2D eigenvalue weighted by atomic mass is 28.4. The van der Waals surface area contributed by atoms with Crippen LogP contribution in [-0.4, -0.2) is 27.2 Å². The lowest BCUT2D eigenvalue weighted by atomic mass is 10.2. The number of unbranched alkanes of at least 4 members (excludes halogenated alkanes) is 3. The summed E-state index contributed by atoms with van der Waals surface area (Å²) in [7, 11) is -3.29. The van der Waals surface area contributed by atoms with Crippen molar-refractivity contribution in [3.05, 3.63) is 0 Å². The van der Waals surface area contributed by atoms with Crippen LogP contribution in [0.4, 0.5) is 0 Å². The summed E-state index contributed by atoms with van der Waals surface area (Å²) in [6.45, 7) is 34.4. The second kappa shape index (κ2) is 11.5. The first-order chi connectivity index (χ1) is 12.4. The van der Waals surface area contributed by atoms with Crippen LogP contribution in [0.2, 0.25) is 33.2 Å². The first-order valence-corrected chi connectivity index (χ1v) is 16.5. The minimum absolute atomic E-state index is 0.812.